The van der Waals surface area contributed by atoms with E-state index >= 15 is 0 Å². The summed E-state index contributed by atoms with van der Waals surface area (Å²) in [6.07, 6.45) is 4.62. The normalized spacial score (nSPS) is 23.8. The molecule has 0 aliphatic heterocycles. The summed E-state index contributed by atoms with van der Waals surface area (Å²) in [7, 11) is 0. The number of nitrogens with one attached hydrogen (secondary N) is 1. The first-order chi connectivity index (χ1) is 7.52. The molecule has 0 radical (unpaired) electrons. The summed E-state index contributed by atoms with van der Waals surface area (Å²) >= 11 is 0. The van der Waals surface area contributed by atoms with Crippen LogP contribution in [0.5, 0.6) is 0 Å². The number of aliphatic carboxylic acids is 1. The average molecular weight is 223 g/mol. The first kappa shape index (κ1) is 12.5. The van der Waals surface area contributed by atoms with Gasteiger partial charge in [0.05, 0.1) is 11.8 Å². The van der Waals surface area contributed by atoms with Crippen molar-refractivity contribution in [2.75, 3.05) is 6.54 Å². The van der Waals surface area contributed by atoms with E-state index in [4.69, 9.17) is 5.11 Å². The Morgan fingerprint density at radius 3 is 2.44 bits per heavy atom. The van der Waals surface area contributed by atoms with Crippen LogP contribution in [0.1, 0.15) is 19.8 Å². The van der Waals surface area contributed by atoms with Gasteiger partial charge in [-0.15, -0.1) is 0 Å². The van der Waals surface area contributed by atoms with Gasteiger partial charge in [-0.3, -0.25) is 9.59 Å². The third-order valence-corrected chi connectivity index (χ3v) is 2.65. The van der Waals surface area contributed by atoms with E-state index in [0.717, 1.165) is 5.57 Å². The minimum atomic E-state index is -0.903. The molecule has 16 heavy (non-hydrogen) atoms. The van der Waals surface area contributed by atoms with Crippen LogP contribution in [0.4, 0.5) is 0 Å². The minimum Gasteiger partial charge on any atom is -0.481 e. The van der Waals surface area contributed by atoms with Crippen LogP contribution in [0.3, 0.4) is 0 Å². The molecule has 88 valence electrons. The highest BCUT2D eigenvalue weighted by Gasteiger charge is 2.33. The SMILES string of the molecule is C=C(C)CNC(=O)C1CC=CCC1C(=O)O. The standard InChI is InChI=1S/C12H17NO3/c1-8(2)7-13-11(14)9-5-3-4-6-10(9)12(15)16/h3-4,9-10H,1,5-7H2,2H3,(H,13,14)(H,15,16). The first-order valence-electron chi connectivity index (χ1n) is 5.32. The lowest BCUT2D eigenvalue weighted by molar-refractivity contribution is -0.147. The van der Waals surface area contributed by atoms with Crippen molar-refractivity contribution < 1.29 is 14.7 Å². The number of carbonyl (C=O) groups excluding carboxylic acids is 1. The summed E-state index contributed by atoms with van der Waals surface area (Å²) in [5, 5.41) is 11.7. The van der Waals surface area contributed by atoms with E-state index in [1.54, 1.807) is 0 Å². The first-order valence-corrected chi connectivity index (χ1v) is 5.32. The highest BCUT2D eigenvalue weighted by Crippen LogP contribution is 2.25. The lowest BCUT2D eigenvalue weighted by Gasteiger charge is -2.24. The van der Waals surface area contributed by atoms with Gasteiger partial charge in [0.1, 0.15) is 0 Å². The molecule has 4 heteroatoms. The van der Waals surface area contributed by atoms with Gasteiger partial charge >= 0.3 is 5.97 Å². The molecule has 2 atom stereocenters. The Bertz CT molecular complexity index is 333. The van der Waals surface area contributed by atoms with Crippen molar-refractivity contribution in [2.24, 2.45) is 11.8 Å². The van der Waals surface area contributed by atoms with Crippen LogP contribution in [0.2, 0.25) is 0 Å². The maximum atomic E-state index is 11.8. The molecule has 0 fully saturated rings. The number of amides is 1. The molecule has 2 unspecified atom stereocenters. The van der Waals surface area contributed by atoms with E-state index in [-0.39, 0.29) is 5.91 Å². The molecule has 1 aliphatic carbocycles. The molecule has 1 aliphatic rings. The maximum Gasteiger partial charge on any atom is 0.307 e. The molecular weight excluding hydrogens is 206 g/mol. The predicted molar refractivity (Wildman–Crippen MR) is 60.8 cm³/mol. The molecule has 0 aromatic carbocycles. The largest absolute Gasteiger partial charge is 0.481 e. The molecule has 0 aromatic rings. The van der Waals surface area contributed by atoms with Gasteiger partial charge in [0.15, 0.2) is 0 Å². The average Bonchev–Trinajstić information content (AvgIpc) is 2.25. The van der Waals surface area contributed by atoms with E-state index in [2.05, 4.69) is 11.9 Å². The van der Waals surface area contributed by atoms with E-state index in [1.807, 2.05) is 19.1 Å². The summed E-state index contributed by atoms with van der Waals surface area (Å²) in [5.41, 5.74) is 0.853. The lowest BCUT2D eigenvalue weighted by atomic mass is 9.82. The third kappa shape index (κ3) is 3.22. The Balaban J connectivity index is 2.62. The number of carboxylic acids is 1. The van der Waals surface area contributed by atoms with Gasteiger partial charge in [0, 0.05) is 6.54 Å². The van der Waals surface area contributed by atoms with Crippen molar-refractivity contribution >= 4 is 11.9 Å². The van der Waals surface area contributed by atoms with Crippen LogP contribution in [0.25, 0.3) is 0 Å². The van der Waals surface area contributed by atoms with Gasteiger partial charge in [-0.25, -0.2) is 0 Å². The van der Waals surface area contributed by atoms with Crippen LogP contribution in [-0.2, 0) is 9.59 Å². The second kappa shape index (κ2) is 5.49. The van der Waals surface area contributed by atoms with Crippen LogP contribution in [-0.4, -0.2) is 23.5 Å². The number of hydrogen-bond acceptors (Lipinski definition) is 2. The van der Waals surface area contributed by atoms with Crippen molar-refractivity contribution in [3.63, 3.8) is 0 Å². The van der Waals surface area contributed by atoms with Gasteiger partial charge < -0.3 is 10.4 Å². The number of allylic oxidation sites excluding steroid dienone is 2. The number of hydrogen-bond donors (Lipinski definition) is 2. The quantitative estimate of drug-likeness (QED) is 0.707. The summed E-state index contributed by atoms with van der Waals surface area (Å²) in [6, 6.07) is 0. The Morgan fingerprint density at radius 1 is 1.38 bits per heavy atom. The highest BCUT2D eigenvalue weighted by atomic mass is 16.4. The van der Waals surface area contributed by atoms with Gasteiger partial charge in [-0.05, 0) is 19.8 Å². The van der Waals surface area contributed by atoms with Crippen LogP contribution < -0.4 is 5.32 Å². The smallest absolute Gasteiger partial charge is 0.307 e. The van der Waals surface area contributed by atoms with E-state index in [1.165, 1.54) is 0 Å². The van der Waals surface area contributed by atoms with Crippen LogP contribution in [0.15, 0.2) is 24.3 Å². The Labute approximate surface area is 95.0 Å². The fourth-order valence-corrected chi connectivity index (χ4v) is 1.75. The van der Waals surface area contributed by atoms with Crippen LogP contribution >= 0.6 is 0 Å². The highest BCUT2D eigenvalue weighted by molar-refractivity contribution is 5.85. The summed E-state index contributed by atoms with van der Waals surface area (Å²) in [4.78, 5) is 22.7. The minimum absolute atomic E-state index is 0.195. The predicted octanol–water partition coefficient (Wildman–Crippen LogP) is 1.35. The molecule has 0 spiro atoms. The zero-order chi connectivity index (χ0) is 12.1. The molecule has 1 amide bonds. The molecule has 0 aromatic heterocycles. The molecule has 4 nitrogen and oxygen atoms in total. The molecule has 0 bridgehead atoms. The van der Waals surface area contributed by atoms with Crippen LogP contribution in [0, 0.1) is 11.8 Å². The summed E-state index contributed by atoms with van der Waals surface area (Å²) in [6.45, 7) is 5.90. The summed E-state index contributed by atoms with van der Waals surface area (Å²) in [5.74, 6) is -2.16. The molecule has 2 N–H and O–H groups in total. The lowest BCUT2D eigenvalue weighted by Crippen LogP contribution is -2.39. The fourth-order valence-electron chi connectivity index (χ4n) is 1.75. The van der Waals surface area contributed by atoms with Crippen molar-refractivity contribution in [2.45, 2.75) is 19.8 Å². The maximum absolute atomic E-state index is 11.8. The molecule has 0 heterocycles. The molecule has 1 rings (SSSR count). The van der Waals surface area contributed by atoms with Gasteiger partial charge in [0.2, 0.25) is 5.91 Å². The fraction of sp³-hybridized carbons (Fsp3) is 0.500. The van der Waals surface area contributed by atoms with Gasteiger partial charge in [0.25, 0.3) is 0 Å². The van der Waals surface area contributed by atoms with Crippen molar-refractivity contribution in [3.8, 4) is 0 Å². The monoisotopic (exact) mass is 223 g/mol. The molecule has 0 saturated carbocycles. The zero-order valence-electron chi connectivity index (χ0n) is 9.40. The molecule has 0 saturated heterocycles. The third-order valence-electron chi connectivity index (χ3n) is 2.65. The van der Waals surface area contributed by atoms with Crippen molar-refractivity contribution in [3.05, 3.63) is 24.3 Å². The second-order valence-corrected chi connectivity index (χ2v) is 4.17. The Hall–Kier alpha value is -1.58. The zero-order valence-corrected chi connectivity index (χ0v) is 9.40. The number of carboxylic acid groups (broad SMARTS) is 1. The number of carbonyl (C=O) groups is 2. The topological polar surface area (TPSA) is 66.4 Å². The van der Waals surface area contributed by atoms with Crippen molar-refractivity contribution in [1.82, 2.24) is 5.32 Å². The Kier molecular flexibility index (Phi) is 4.28. The van der Waals surface area contributed by atoms with Gasteiger partial charge in [-0.2, -0.15) is 0 Å². The second-order valence-electron chi connectivity index (χ2n) is 4.17. The van der Waals surface area contributed by atoms with Gasteiger partial charge in [-0.1, -0.05) is 24.3 Å². The van der Waals surface area contributed by atoms with E-state index < -0.39 is 17.8 Å². The number of rotatable bonds is 4. The molecular formula is C12H17NO3. The van der Waals surface area contributed by atoms with Crippen molar-refractivity contribution in [1.29, 1.82) is 0 Å². The van der Waals surface area contributed by atoms with E-state index in [9.17, 15) is 9.59 Å². The summed E-state index contributed by atoms with van der Waals surface area (Å²) < 4.78 is 0. The van der Waals surface area contributed by atoms with E-state index in [0.29, 0.717) is 19.4 Å². The Morgan fingerprint density at radius 2 is 1.94 bits per heavy atom.